The molecule has 0 bridgehead atoms. The number of aryl methyl sites for hydroxylation is 2. The highest BCUT2D eigenvalue weighted by Crippen LogP contribution is 2.25. The first-order valence-electron chi connectivity index (χ1n) is 9.25. The third-order valence-corrected chi connectivity index (χ3v) is 4.99. The third-order valence-electron chi connectivity index (χ3n) is 4.99. The summed E-state index contributed by atoms with van der Waals surface area (Å²) < 4.78 is 0. The Kier molecular flexibility index (Phi) is 5.74. The van der Waals surface area contributed by atoms with Crippen molar-refractivity contribution in [3.05, 3.63) is 53.7 Å². The molecule has 27 heavy (non-hydrogen) atoms. The lowest BCUT2D eigenvalue weighted by molar-refractivity contribution is -0.131. The molecular formula is C21H26N4O2. The van der Waals surface area contributed by atoms with Gasteiger partial charge in [0.05, 0.1) is 5.69 Å². The lowest BCUT2D eigenvalue weighted by Crippen LogP contribution is -2.52. The molecule has 1 aromatic carbocycles. The smallest absolute Gasteiger partial charge is 0.242 e. The van der Waals surface area contributed by atoms with E-state index in [1.54, 1.807) is 11.1 Å². The summed E-state index contributed by atoms with van der Waals surface area (Å²) >= 11 is 0. The molecule has 0 spiro atoms. The topological polar surface area (TPSA) is 56.8 Å². The normalized spacial score (nSPS) is 14.2. The zero-order chi connectivity index (χ0) is 19.4. The lowest BCUT2D eigenvalue weighted by atomic mass is 10.1. The van der Waals surface area contributed by atoms with Crippen LogP contribution in [0.15, 0.2) is 42.6 Å². The van der Waals surface area contributed by atoms with Gasteiger partial charge in [-0.1, -0.05) is 24.3 Å². The van der Waals surface area contributed by atoms with Crippen LogP contribution in [-0.2, 0) is 9.59 Å². The molecule has 0 aliphatic carbocycles. The van der Waals surface area contributed by atoms with E-state index in [4.69, 9.17) is 0 Å². The molecule has 0 atom stereocenters. The molecule has 1 aliphatic rings. The number of piperazine rings is 1. The van der Waals surface area contributed by atoms with Gasteiger partial charge >= 0.3 is 0 Å². The maximum absolute atomic E-state index is 12.8. The molecule has 0 unspecified atom stereocenters. The second-order valence-electron chi connectivity index (χ2n) is 6.90. The van der Waals surface area contributed by atoms with Gasteiger partial charge in [0.25, 0.3) is 0 Å². The number of pyridine rings is 1. The zero-order valence-electron chi connectivity index (χ0n) is 16.2. The molecule has 2 amide bonds. The number of benzene rings is 1. The van der Waals surface area contributed by atoms with Crippen LogP contribution in [0.1, 0.15) is 18.1 Å². The summed E-state index contributed by atoms with van der Waals surface area (Å²) in [4.78, 5) is 35.1. The highest BCUT2D eigenvalue weighted by Gasteiger charge is 2.26. The number of aromatic nitrogens is 1. The third kappa shape index (κ3) is 4.27. The van der Waals surface area contributed by atoms with Crippen molar-refractivity contribution in [2.45, 2.75) is 20.8 Å². The molecule has 2 heterocycles. The fourth-order valence-corrected chi connectivity index (χ4v) is 3.54. The summed E-state index contributed by atoms with van der Waals surface area (Å²) in [5.41, 5.74) is 2.83. The van der Waals surface area contributed by atoms with Gasteiger partial charge in [-0.05, 0) is 37.1 Å². The zero-order valence-corrected chi connectivity index (χ0v) is 16.2. The van der Waals surface area contributed by atoms with Crippen LogP contribution in [0.3, 0.4) is 0 Å². The van der Waals surface area contributed by atoms with Crippen molar-refractivity contribution in [1.82, 2.24) is 9.88 Å². The van der Waals surface area contributed by atoms with Gasteiger partial charge in [-0.25, -0.2) is 4.98 Å². The Morgan fingerprint density at radius 3 is 2.22 bits per heavy atom. The van der Waals surface area contributed by atoms with Crippen molar-refractivity contribution < 1.29 is 9.59 Å². The maximum Gasteiger partial charge on any atom is 0.242 e. The van der Waals surface area contributed by atoms with Crippen molar-refractivity contribution in [2.75, 3.05) is 42.5 Å². The Balaban J connectivity index is 1.66. The molecule has 2 aromatic rings. The highest BCUT2D eigenvalue weighted by atomic mass is 16.2. The van der Waals surface area contributed by atoms with Crippen LogP contribution < -0.4 is 9.80 Å². The van der Waals surface area contributed by atoms with Gasteiger partial charge in [0.15, 0.2) is 0 Å². The van der Waals surface area contributed by atoms with E-state index in [0.29, 0.717) is 13.1 Å². The number of nitrogens with zero attached hydrogens (tertiary/aromatic N) is 4. The summed E-state index contributed by atoms with van der Waals surface area (Å²) in [6.07, 6.45) is 1.78. The number of carbonyl (C=O) groups is 2. The van der Waals surface area contributed by atoms with E-state index in [0.717, 1.165) is 35.7 Å². The summed E-state index contributed by atoms with van der Waals surface area (Å²) in [7, 11) is 0. The van der Waals surface area contributed by atoms with E-state index < -0.39 is 0 Å². The summed E-state index contributed by atoms with van der Waals surface area (Å²) in [6.45, 7) is 8.27. The second-order valence-corrected chi connectivity index (χ2v) is 6.90. The fourth-order valence-electron chi connectivity index (χ4n) is 3.54. The predicted octanol–water partition coefficient (Wildman–Crippen LogP) is 2.40. The summed E-state index contributed by atoms with van der Waals surface area (Å²) in [5, 5.41) is 0. The van der Waals surface area contributed by atoms with Crippen LogP contribution in [0, 0.1) is 13.8 Å². The number of hydrogen-bond acceptors (Lipinski definition) is 4. The predicted molar refractivity (Wildman–Crippen MR) is 107 cm³/mol. The first-order valence-corrected chi connectivity index (χ1v) is 9.25. The number of carbonyl (C=O) groups excluding carboxylic acids is 2. The fraction of sp³-hybridized carbons (Fsp3) is 0.381. The monoisotopic (exact) mass is 366 g/mol. The molecule has 0 N–H and O–H groups in total. The molecule has 0 radical (unpaired) electrons. The number of rotatable bonds is 4. The molecule has 1 aromatic heterocycles. The van der Waals surface area contributed by atoms with Gasteiger partial charge in [-0.2, -0.15) is 0 Å². The maximum atomic E-state index is 12.8. The Labute approximate surface area is 160 Å². The molecule has 6 heteroatoms. The molecule has 6 nitrogen and oxygen atoms in total. The first kappa shape index (κ1) is 18.9. The Hall–Kier alpha value is -2.89. The molecule has 3 rings (SSSR count). The van der Waals surface area contributed by atoms with Gasteiger partial charge in [-0.15, -0.1) is 0 Å². The molecule has 142 valence electrons. The van der Waals surface area contributed by atoms with Gasteiger partial charge < -0.3 is 14.7 Å². The van der Waals surface area contributed by atoms with Gasteiger partial charge in [0.1, 0.15) is 12.4 Å². The summed E-state index contributed by atoms with van der Waals surface area (Å²) in [6, 6.07) is 11.7. The van der Waals surface area contributed by atoms with E-state index >= 15 is 0 Å². The van der Waals surface area contributed by atoms with Gasteiger partial charge in [-0.3, -0.25) is 9.59 Å². The molecule has 1 aliphatic heterocycles. The minimum absolute atomic E-state index is 0.0199. The van der Waals surface area contributed by atoms with Crippen LogP contribution in [0.2, 0.25) is 0 Å². The number of para-hydroxylation sites is 1. The average molecular weight is 366 g/mol. The van der Waals surface area contributed by atoms with Crippen molar-refractivity contribution in [2.24, 2.45) is 0 Å². The SMILES string of the molecule is CC(=O)N(CC(=O)N1CCN(c2ccccn2)CC1)c1c(C)cccc1C. The number of hydrogen-bond donors (Lipinski definition) is 0. The second kappa shape index (κ2) is 8.20. The van der Waals surface area contributed by atoms with E-state index in [9.17, 15) is 9.59 Å². The quantitative estimate of drug-likeness (QED) is 0.834. The van der Waals surface area contributed by atoms with Crippen LogP contribution >= 0.6 is 0 Å². The van der Waals surface area contributed by atoms with Crippen LogP contribution in [-0.4, -0.2) is 54.4 Å². The first-order chi connectivity index (χ1) is 13.0. The molecule has 1 fully saturated rings. The van der Waals surface area contributed by atoms with Crippen molar-refractivity contribution in [3.63, 3.8) is 0 Å². The Morgan fingerprint density at radius 2 is 1.67 bits per heavy atom. The highest BCUT2D eigenvalue weighted by molar-refractivity contribution is 5.98. The average Bonchev–Trinajstić information content (AvgIpc) is 2.67. The van der Waals surface area contributed by atoms with Crippen LogP contribution in [0.5, 0.6) is 0 Å². The molecular weight excluding hydrogens is 340 g/mol. The van der Waals surface area contributed by atoms with Crippen molar-refractivity contribution in [1.29, 1.82) is 0 Å². The molecule has 0 saturated carbocycles. The Bertz CT molecular complexity index is 794. The van der Waals surface area contributed by atoms with Crippen molar-refractivity contribution >= 4 is 23.3 Å². The summed E-state index contributed by atoms with van der Waals surface area (Å²) in [5.74, 6) is 0.798. The largest absolute Gasteiger partial charge is 0.353 e. The van der Waals surface area contributed by atoms with E-state index in [1.807, 2.05) is 55.1 Å². The lowest BCUT2D eigenvalue weighted by Gasteiger charge is -2.36. The van der Waals surface area contributed by atoms with Gasteiger partial charge in [0.2, 0.25) is 11.8 Å². The van der Waals surface area contributed by atoms with E-state index in [2.05, 4.69) is 9.88 Å². The minimum Gasteiger partial charge on any atom is -0.353 e. The minimum atomic E-state index is -0.118. The molecule has 1 saturated heterocycles. The van der Waals surface area contributed by atoms with Gasteiger partial charge in [0, 0.05) is 39.3 Å². The van der Waals surface area contributed by atoms with Crippen molar-refractivity contribution in [3.8, 4) is 0 Å². The van der Waals surface area contributed by atoms with Crippen LogP contribution in [0.25, 0.3) is 0 Å². The standard InChI is InChI=1S/C21H26N4O2/c1-16-7-6-8-17(2)21(16)25(18(3)26)15-20(27)24-13-11-23(12-14-24)19-9-4-5-10-22-19/h4-10H,11-15H2,1-3H3. The number of anilines is 2. The van der Waals surface area contributed by atoms with E-state index in [-0.39, 0.29) is 18.4 Å². The van der Waals surface area contributed by atoms with E-state index in [1.165, 1.54) is 6.92 Å². The number of amides is 2. The van der Waals surface area contributed by atoms with Crippen LogP contribution in [0.4, 0.5) is 11.5 Å². The Morgan fingerprint density at radius 1 is 1.00 bits per heavy atom.